The van der Waals surface area contributed by atoms with Crippen LogP contribution in [0.25, 0.3) is 0 Å². The molecule has 0 aliphatic carbocycles. The van der Waals surface area contributed by atoms with Crippen LogP contribution in [0.2, 0.25) is 0 Å². The monoisotopic (exact) mass is 398 g/mol. The highest BCUT2D eigenvalue weighted by molar-refractivity contribution is 5.80. The number of hydrogen-bond acceptors (Lipinski definition) is 4. The standard InChI is InChI=1S/C22H34N6O/c1-5-23-22(24-17-21-18(2)25-28(19(21)3)15-16-29-4)27-13-11-26(12-14-27)20-9-7-6-8-10-20/h6-10H,5,11-17H2,1-4H3,(H,23,24). The van der Waals surface area contributed by atoms with E-state index >= 15 is 0 Å². The lowest BCUT2D eigenvalue weighted by molar-refractivity contribution is 0.182. The van der Waals surface area contributed by atoms with Crippen molar-refractivity contribution in [2.45, 2.75) is 33.9 Å². The third-order valence-electron chi connectivity index (χ3n) is 5.46. The molecule has 1 N–H and O–H groups in total. The Bertz CT molecular complexity index is 793. The maximum Gasteiger partial charge on any atom is 0.194 e. The lowest BCUT2D eigenvalue weighted by Crippen LogP contribution is -2.52. The first-order valence-electron chi connectivity index (χ1n) is 10.5. The maximum atomic E-state index is 5.19. The van der Waals surface area contributed by atoms with Crippen molar-refractivity contribution in [1.82, 2.24) is 20.0 Å². The van der Waals surface area contributed by atoms with E-state index in [1.54, 1.807) is 7.11 Å². The van der Waals surface area contributed by atoms with Gasteiger partial charge in [0.1, 0.15) is 0 Å². The predicted molar refractivity (Wildman–Crippen MR) is 119 cm³/mol. The Morgan fingerprint density at radius 3 is 2.52 bits per heavy atom. The van der Waals surface area contributed by atoms with Crippen LogP contribution in [0.5, 0.6) is 0 Å². The van der Waals surface area contributed by atoms with E-state index in [0.717, 1.165) is 50.9 Å². The van der Waals surface area contributed by atoms with Gasteiger partial charge in [-0.2, -0.15) is 5.10 Å². The first kappa shape index (κ1) is 21.2. The fourth-order valence-electron chi connectivity index (χ4n) is 3.75. The van der Waals surface area contributed by atoms with E-state index in [-0.39, 0.29) is 0 Å². The number of aliphatic imine (C=N–C) groups is 1. The molecule has 1 aromatic carbocycles. The van der Waals surface area contributed by atoms with Crippen LogP contribution in [0.4, 0.5) is 5.69 Å². The molecule has 7 nitrogen and oxygen atoms in total. The molecule has 158 valence electrons. The maximum absolute atomic E-state index is 5.19. The van der Waals surface area contributed by atoms with Gasteiger partial charge in [-0.05, 0) is 32.9 Å². The summed E-state index contributed by atoms with van der Waals surface area (Å²) >= 11 is 0. The second-order valence-corrected chi connectivity index (χ2v) is 7.35. The van der Waals surface area contributed by atoms with E-state index < -0.39 is 0 Å². The van der Waals surface area contributed by atoms with Crippen LogP contribution in [-0.4, -0.2) is 67.1 Å². The van der Waals surface area contributed by atoms with Crippen LogP contribution >= 0.6 is 0 Å². The molecule has 0 radical (unpaired) electrons. The Morgan fingerprint density at radius 2 is 1.86 bits per heavy atom. The van der Waals surface area contributed by atoms with Gasteiger partial charge in [0.25, 0.3) is 0 Å². The third kappa shape index (κ3) is 5.29. The van der Waals surface area contributed by atoms with Crippen molar-refractivity contribution in [3.63, 3.8) is 0 Å². The number of nitrogens with one attached hydrogen (secondary N) is 1. The van der Waals surface area contributed by atoms with E-state index in [0.29, 0.717) is 13.2 Å². The number of nitrogens with zero attached hydrogens (tertiary/aromatic N) is 5. The van der Waals surface area contributed by atoms with Crippen molar-refractivity contribution in [2.24, 2.45) is 4.99 Å². The number of methoxy groups -OCH3 is 1. The minimum atomic E-state index is 0.645. The quantitative estimate of drug-likeness (QED) is 0.573. The van der Waals surface area contributed by atoms with Gasteiger partial charge in [-0.1, -0.05) is 18.2 Å². The SMILES string of the molecule is CCNC(=NCc1c(C)nn(CCOC)c1C)N1CCN(c2ccccc2)CC1. The van der Waals surface area contributed by atoms with Gasteiger partial charge in [0, 0.05) is 56.8 Å². The number of guanidine groups is 1. The Balaban J connectivity index is 1.66. The molecule has 0 amide bonds. The highest BCUT2D eigenvalue weighted by atomic mass is 16.5. The van der Waals surface area contributed by atoms with Crippen LogP contribution < -0.4 is 10.2 Å². The first-order valence-corrected chi connectivity index (χ1v) is 10.5. The van der Waals surface area contributed by atoms with Crippen molar-refractivity contribution >= 4 is 11.6 Å². The number of benzene rings is 1. The Hall–Kier alpha value is -2.54. The molecule has 7 heteroatoms. The average Bonchev–Trinajstić information content (AvgIpc) is 3.03. The third-order valence-corrected chi connectivity index (χ3v) is 5.46. The van der Waals surface area contributed by atoms with Gasteiger partial charge in [-0.25, -0.2) is 4.99 Å². The molecule has 1 saturated heterocycles. The minimum absolute atomic E-state index is 0.645. The van der Waals surface area contributed by atoms with Gasteiger partial charge in [0.2, 0.25) is 0 Å². The largest absolute Gasteiger partial charge is 0.383 e. The number of para-hydroxylation sites is 1. The number of anilines is 1. The van der Waals surface area contributed by atoms with Gasteiger partial charge in [-0.3, -0.25) is 4.68 Å². The number of aromatic nitrogens is 2. The molecule has 1 aliphatic rings. The molecule has 3 rings (SSSR count). The summed E-state index contributed by atoms with van der Waals surface area (Å²) in [6, 6.07) is 10.6. The van der Waals surface area contributed by atoms with Crippen molar-refractivity contribution in [3.05, 3.63) is 47.3 Å². The van der Waals surface area contributed by atoms with Gasteiger partial charge >= 0.3 is 0 Å². The molecular weight excluding hydrogens is 364 g/mol. The Labute approximate surface area is 174 Å². The normalized spacial score (nSPS) is 15.1. The summed E-state index contributed by atoms with van der Waals surface area (Å²) in [5.74, 6) is 0.989. The molecule has 1 fully saturated rings. The first-order chi connectivity index (χ1) is 14.1. The van der Waals surface area contributed by atoms with Gasteiger partial charge in [0.15, 0.2) is 5.96 Å². The summed E-state index contributed by atoms with van der Waals surface area (Å²) in [7, 11) is 1.72. The predicted octanol–water partition coefficient (Wildman–Crippen LogP) is 2.43. The second kappa shape index (κ2) is 10.3. The smallest absolute Gasteiger partial charge is 0.194 e. The molecule has 0 saturated carbocycles. The summed E-state index contributed by atoms with van der Waals surface area (Å²) < 4.78 is 7.21. The molecule has 0 unspecified atom stereocenters. The van der Waals surface area contributed by atoms with Crippen LogP contribution in [0.1, 0.15) is 23.9 Å². The zero-order chi connectivity index (χ0) is 20.6. The van der Waals surface area contributed by atoms with Crippen molar-refractivity contribution in [2.75, 3.05) is 51.3 Å². The summed E-state index contributed by atoms with van der Waals surface area (Å²) in [6.45, 7) is 13.2. The lowest BCUT2D eigenvalue weighted by Gasteiger charge is -2.37. The highest BCUT2D eigenvalue weighted by Gasteiger charge is 2.20. The molecule has 0 spiro atoms. The molecule has 1 aliphatic heterocycles. The number of hydrogen-bond donors (Lipinski definition) is 1. The molecule has 0 bridgehead atoms. The van der Waals surface area contributed by atoms with Gasteiger partial charge in [-0.15, -0.1) is 0 Å². The summed E-state index contributed by atoms with van der Waals surface area (Å²) in [5, 5.41) is 8.12. The van der Waals surface area contributed by atoms with Crippen molar-refractivity contribution in [3.8, 4) is 0 Å². The minimum Gasteiger partial charge on any atom is -0.383 e. The van der Waals surface area contributed by atoms with Crippen LogP contribution in [0, 0.1) is 13.8 Å². The fraction of sp³-hybridized carbons (Fsp3) is 0.545. The highest BCUT2D eigenvalue weighted by Crippen LogP contribution is 2.17. The van der Waals surface area contributed by atoms with Crippen LogP contribution in [0.3, 0.4) is 0 Å². The second-order valence-electron chi connectivity index (χ2n) is 7.35. The van der Waals surface area contributed by atoms with Gasteiger partial charge < -0.3 is 19.9 Å². The van der Waals surface area contributed by atoms with E-state index in [1.807, 2.05) is 4.68 Å². The summed E-state index contributed by atoms with van der Waals surface area (Å²) in [6.07, 6.45) is 0. The summed E-state index contributed by atoms with van der Waals surface area (Å²) in [4.78, 5) is 9.75. The molecule has 1 aromatic heterocycles. The number of piperazine rings is 1. The van der Waals surface area contributed by atoms with Crippen molar-refractivity contribution in [1.29, 1.82) is 0 Å². The fourth-order valence-corrected chi connectivity index (χ4v) is 3.75. The van der Waals surface area contributed by atoms with Crippen LogP contribution in [-0.2, 0) is 17.8 Å². The van der Waals surface area contributed by atoms with E-state index in [4.69, 9.17) is 9.73 Å². The van der Waals surface area contributed by atoms with Gasteiger partial charge in [0.05, 0.1) is 25.4 Å². The zero-order valence-corrected chi connectivity index (χ0v) is 18.2. The summed E-state index contributed by atoms with van der Waals surface area (Å²) in [5.41, 5.74) is 4.73. The van der Waals surface area contributed by atoms with Crippen LogP contribution in [0.15, 0.2) is 35.3 Å². The topological polar surface area (TPSA) is 57.9 Å². The van der Waals surface area contributed by atoms with E-state index in [2.05, 4.69) is 71.3 Å². The number of aryl methyl sites for hydroxylation is 1. The van der Waals surface area contributed by atoms with E-state index in [1.165, 1.54) is 16.9 Å². The van der Waals surface area contributed by atoms with Crippen molar-refractivity contribution < 1.29 is 4.74 Å². The van der Waals surface area contributed by atoms with E-state index in [9.17, 15) is 0 Å². The molecule has 2 aromatic rings. The molecule has 2 heterocycles. The Morgan fingerprint density at radius 1 is 1.14 bits per heavy atom. The molecular formula is C22H34N6O. The molecule has 0 atom stereocenters. The molecule has 29 heavy (non-hydrogen) atoms. The average molecular weight is 399 g/mol. The lowest BCUT2D eigenvalue weighted by atomic mass is 10.2. The zero-order valence-electron chi connectivity index (χ0n) is 18.2. The Kier molecular flexibility index (Phi) is 7.52. The number of ether oxygens (including phenoxy) is 1. The number of rotatable bonds is 7.